The van der Waals surface area contributed by atoms with Gasteiger partial charge >= 0.3 is 0 Å². The summed E-state index contributed by atoms with van der Waals surface area (Å²) < 4.78 is 0. The largest absolute Gasteiger partial charge is 0.394 e. The Kier molecular flexibility index (Phi) is 44.3. The van der Waals surface area contributed by atoms with Crippen LogP contribution in [-0.4, -0.2) is 34.9 Å². The van der Waals surface area contributed by atoms with Crippen LogP contribution in [0.2, 0.25) is 0 Å². The second kappa shape index (κ2) is 45.7. The van der Waals surface area contributed by atoms with E-state index in [1.165, 1.54) is 186 Å². The van der Waals surface area contributed by atoms with Crippen LogP contribution in [0.3, 0.4) is 0 Å². The van der Waals surface area contributed by atoms with Crippen molar-refractivity contribution in [3.63, 3.8) is 0 Å². The van der Waals surface area contributed by atoms with Crippen LogP contribution in [0.4, 0.5) is 0 Å². The average Bonchev–Trinajstić information content (AvgIpc) is 3.18. The average molecular weight is 756 g/mol. The predicted octanol–water partition coefficient (Wildman–Crippen LogP) is 15.1. The molecule has 0 saturated heterocycles. The van der Waals surface area contributed by atoms with Crippen LogP contribution in [0.15, 0.2) is 48.6 Å². The van der Waals surface area contributed by atoms with Crippen LogP contribution in [0.1, 0.15) is 245 Å². The lowest BCUT2D eigenvalue weighted by Gasteiger charge is -2.19. The van der Waals surface area contributed by atoms with E-state index < -0.39 is 12.1 Å². The lowest BCUT2D eigenvalue weighted by molar-refractivity contribution is -0.123. The van der Waals surface area contributed by atoms with Crippen LogP contribution >= 0.6 is 0 Å². The van der Waals surface area contributed by atoms with Crippen LogP contribution in [0.25, 0.3) is 0 Å². The van der Waals surface area contributed by atoms with Crippen molar-refractivity contribution in [2.75, 3.05) is 6.61 Å². The maximum Gasteiger partial charge on any atom is 0.220 e. The number of hydrogen-bond donors (Lipinski definition) is 3. The number of carbonyl (C=O) groups excluding carboxylic acids is 1. The minimum absolute atomic E-state index is 0.0734. The number of aliphatic hydroxyl groups excluding tert-OH is 2. The zero-order valence-electron chi connectivity index (χ0n) is 36.2. The molecule has 0 heterocycles. The molecule has 316 valence electrons. The normalized spacial score (nSPS) is 13.3. The zero-order valence-corrected chi connectivity index (χ0v) is 36.2. The lowest BCUT2D eigenvalue weighted by atomic mass is 10.0. The zero-order chi connectivity index (χ0) is 39.3. The van der Waals surface area contributed by atoms with Crippen molar-refractivity contribution in [2.45, 2.75) is 257 Å². The van der Waals surface area contributed by atoms with Crippen LogP contribution in [0, 0.1) is 0 Å². The van der Waals surface area contributed by atoms with E-state index in [0.717, 1.165) is 38.5 Å². The van der Waals surface area contributed by atoms with Gasteiger partial charge in [0.25, 0.3) is 0 Å². The van der Waals surface area contributed by atoms with Crippen molar-refractivity contribution < 1.29 is 15.0 Å². The first-order chi connectivity index (χ1) is 26.7. The van der Waals surface area contributed by atoms with Crippen molar-refractivity contribution in [3.05, 3.63) is 48.6 Å². The molecular formula is C50H93NO3. The van der Waals surface area contributed by atoms with Gasteiger partial charge in [-0.3, -0.25) is 4.79 Å². The van der Waals surface area contributed by atoms with Gasteiger partial charge in [-0.1, -0.05) is 223 Å². The molecule has 0 bridgehead atoms. The second-order valence-electron chi connectivity index (χ2n) is 16.2. The van der Waals surface area contributed by atoms with Crippen LogP contribution < -0.4 is 5.32 Å². The molecule has 4 nitrogen and oxygen atoms in total. The fourth-order valence-electron chi connectivity index (χ4n) is 7.11. The quantitative estimate of drug-likeness (QED) is 0.0429. The van der Waals surface area contributed by atoms with Crippen LogP contribution in [-0.2, 0) is 4.79 Å². The van der Waals surface area contributed by atoms with E-state index in [-0.39, 0.29) is 12.5 Å². The van der Waals surface area contributed by atoms with Gasteiger partial charge in [-0.15, -0.1) is 0 Å². The minimum Gasteiger partial charge on any atom is -0.394 e. The van der Waals surface area contributed by atoms with Gasteiger partial charge < -0.3 is 15.5 Å². The molecule has 0 aromatic rings. The van der Waals surface area contributed by atoms with Crippen molar-refractivity contribution >= 4 is 5.91 Å². The number of amides is 1. The molecule has 4 heteroatoms. The van der Waals surface area contributed by atoms with Gasteiger partial charge in [0.1, 0.15) is 0 Å². The molecule has 0 spiro atoms. The highest BCUT2D eigenvalue weighted by Gasteiger charge is 2.17. The van der Waals surface area contributed by atoms with E-state index in [0.29, 0.717) is 6.42 Å². The maximum absolute atomic E-state index is 12.4. The molecule has 0 aromatic carbocycles. The van der Waals surface area contributed by atoms with Crippen molar-refractivity contribution in [1.29, 1.82) is 0 Å². The SMILES string of the molecule is CCCCCCC/C=C\C/C=C\CCCCCCCCCCCCCCCCCCCC(=O)NC(CO)C(O)/C=C/CC/C=C/CCCCCCCCC. The van der Waals surface area contributed by atoms with E-state index in [4.69, 9.17) is 0 Å². The molecule has 2 atom stereocenters. The Labute approximate surface area is 337 Å². The summed E-state index contributed by atoms with van der Waals surface area (Å²) in [6, 6.07) is -0.637. The third-order valence-electron chi connectivity index (χ3n) is 10.8. The molecule has 0 rings (SSSR count). The second-order valence-corrected chi connectivity index (χ2v) is 16.2. The Bertz CT molecular complexity index is 862. The van der Waals surface area contributed by atoms with Gasteiger partial charge in [-0.05, 0) is 64.2 Å². The summed E-state index contributed by atoms with van der Waals surface area (Å²) in [5.74, 6) is -0.0734. The molecule has 3 N–H and O–H groups in total. The molecule has 0 aromatic heterocycles. The van der Waals surface area contributed by atoms with Crippen molar-refractivity contribution in [3.8, 4) is 0 Å². The Morgan fingerprint density at radius 2 is 0.778 bits per heavy atom. The Morgan fingerprint density at radius 1 is 0.444 bits per heavy atom. The summed E-state index contributed by atoms with van der Waals surface area (Å²) in [6.07, 6.45) is 62.4. The van der Waals surface area contributed by atoms with E-state index >= 15 is 0 Å². The van der Waals surface area contributed by atoms with E-state index in [2.05, 4.69) is 55.6 Å². The number of aliphatic hydroxyl groups is 2. The summed E-state index contributed by atoms with van der Waals surface area (Å²) in [6.45, 7) is 4.28. The van der Waals surface area contributed by atoms with Gasteiger partial charge in [-0.25, -0.2) is 0 Å². The number of rotatable bonds is 43. The molecule has 0 saturated carbocycles. The van der Waals surface area contributed by atoms with E-state index in [9.17, 15) is 15.0 Å². The van der Waals surface area contributed by atoms with Gasteiger partial charge in [0.2, 0.25) is 5.91 Å². The number of unbranched alkanes of at least 4 members (excludes halogenated alkanes) is 30. The summed E-state index contributed by atoms with van der Waals surface area (Å²) >= 11 is 0. The highest BCUT2D eigenvalue weighted by molar-refractivity contribution is 5.76. The van der Waals surface area contributed by atoms with E-state index in [1.54, 1.807) is 6.08 Å². The lowest BCUT2D eigenvalue weighted by Crippen LogP contribution is -2.45. The first-order valence-corrected chi connectivity index (χ1v) is 23.9. The number of nitrogens with one attached hydrogen (secondary N) is 1. The number of allylic oxidation sites excluding steroid dienone is 7. The molecule has 0 aliphatic heterocycles. The molecule has 0 radical (unpaired) electrons. The standard InChI is InChI=1S/C50H93NO3/c1-3-5-7-9-11-13-15-17-18-19-20-21-22-23-24-25-26-27-28-29-30-31-32-34-36-38-40-42-44-46-50(54)51-48(47-52)49(53)45-43-41-39-37-35-33-16-14-12-10-8-6-4-2/h15,17,19-20,35,37,43,45,48-49,52-53H,3-14,16,18,21-34,36,38-42,44,46-47H2,1-2H3,(H,51,54)/b17-15-,20-19-,37-35+,45-43+. The minimum atomic E-state index is -0.860. The Hall–Kier alpha value is -1.65. The molecule has 0 fully saturated rings. The first-order valence-electron chi connectivity index (χ1n) is 23.9. The Morgan fingerprint density at radius 3 is 1.19 bits per heavy atom. The third kappa shape index (κ3) is 41.5. The monoisotopic (exact) mass is 756 g/mol. The van der Waals surface area contributed by atoms with Gasteiger partial charge in [0.05, 0.1) is 18.8 Å². The summed E-state index contributed by atoms with van der Waals surface area (Å²) in [7, 11) is 0. The number of carbonyl (C=O) groups is 1. The summed E-state index contributed by atoms with van der Waals surface area (Å²) in [5, 5.41) is 23.0. The van der Waals surface area contributed by atoms with Crippen LogP contribution in [0.5, 0.6) is 0 Å². The predicted molar refractivity (Wildman–Crippen MR) is 239 cm³/mol. The molecule has 0 aliphatic rings. The molecule has 54 heavy (non-hydrogen) atoms. The van der Waals surface area contributed by atoms with Gasteiger partial charge in [-0.2, -0.15) is 0 Å². The highest BCUT2D eigenvalue weighted by atomic mass is 16.3. The molecule has 1 amide bonds. The van der Waals surface area contributed by atoms with Gasteiger partial charge in [0.15, 0.2) is 0 Å². The molecule has 2 unspecified atom stereocenters. The highest BCUT2D eigenvalue weighted by Crippen LogP contribution is 2.15. The number of hydrogen-bond acceptors (Lipinski definition) is 3. The fourth-order valence-corrected chi connectivity index (χ4v) is 7.11. The third-order valence-corrected chi connectivity index (χ3v) is 10.8. The maximum atomic E-state index is 12.4. The van der Waals surface area contributed by atoms with Crippen molar-refractivity contribution in [1.82, 2.24) is 5.32 Å². The fraction of sp³-hybridized carbons (Fsp3) is 0.820. The molecular weight excluding hydrogens is 663 g/mol. The summed E-state index contributed by atoms with van der Waals surface area (Å²) in [4.78, 5) is 12.4. The Balaban J connectivity index is 3.50. The smallest absolute Gasteiger partial charge is 0.220 e. The van der Waals surface area contributed by atoms with Crippen molar-refractivity contribution in [2.24, 2.45) is 0 Å². The topological polar surface area (TPSA) is 69.6 Å². The van der Waals surface area contributed by atoms with E-state index in [1.807, 2.05) is 6.08 Å². The first kappa shape index (κ1) is 52.3. The summed E-state index contributed by atoms with van der Waals surface area (Å²) in [5.41, 5.74) is 0. The molecule has 0 aliphatic carbocycles. The van der Waals surface area contributed by atoms with Gasteiger partial charge in [0, 0.05) is 6.42 Å².